The van der Waals surface area contributed by atoms with Crippen molar-refractivity contribution in [1.29, 1.82) is 0 Å². The van der Waals surface area contributed by atoms with Gasteiger partial charge in [-0.1, -0.05) is 18.2 Å². The number of rotatable bonds is 5. The van der Waals surface area contributed by atoms with Gasteiger partial charge >= 0.3 is 5.97 Å². The zero-order valence-electron chi connectivity index (χ0n) is 10.2. The first kappa shape index (κ1) is 13.9. The van der Waals surface area contributed by atoms with Crippen LogP contribution in [0.3, 0.4) is 0 Å². The van der Waals surface area contributed by atoms with E-state index in [0.717, 1.165) is 9.32 Å². The van der Waals surface area contributed by atoms with Crippen molar-refractivity contribution in [3.8, 4) is 5.75 Å². The van der Waals surface area contributed by atoms with Gasteiger partial charge in [-0.05, 0) is 59.0 Å². The van der Waals surface area contributed by atoms with Gasteiger partial charge in [-0.3, -0.25) is 0 Å². The summed E-state index contributed by atoms with van der Waals surface area (Å²) in [5, 5.41) is 0. The largest absolute Gasteiger partial charge is 0.490 e. The number of halogens is 1. The first-order valence-corrected chi connectivity index (χ1v) is 6.94. The fraction of sp³-hybridized carbons (Fsp3) is 0.133. The zero-order valence-corrected chi connectivity index (χ0v) is 12.4. The number of esters is 1. The van der Waals surface area contributed by atoms with Crippen molar-refractivity contribution in [3.63, 3.8) is 0 Å². The molecule has 0 atom stereocenters. The molecule has 0 aliphatic carbocycles. The molecule has 0 N–H and O–H groups in total. The molecule has 2 aromatic carbocycles. The molecule has 19 heavy (non-hydrogen) atoms. The Hall–Kier alpha value is -1.56. The third-order valence-corrected chi connectivity index (χ3v) is 3.13. The monoisotopic (exact) mass is 368 g/mol. The zero-order chi connectivity index (χ0) is 13.5. The summed E-state index contributed by atoms with van der Waals surface area (Å²) in [5.74, 6) is 0.447. The highest BCUT2D eigenvalue weighted by Gasteiger charge is 2.05. The molecule has 2 aromatic rings. The van der Waals surface area contributed by atoms with E-state index in [2.05, 4.69) is 22.6 Å². The molecule has 0 saturated carbocycles. The molecule has 4 heteroatoms. The predicted molar refractivity (Wildman–Crippen MR) is 81.4 cm³/mol. The normalized spacial score (nSPS) is 9.95. The smallest absolute Gasteiger partial charge is 0.338 e. The number of carbonyl (C=O) groups is 1. The lowest BCUT2D eigenvalue weighted by atomic mass is 10.2. The topological polar surface area (TPSA) is 35.5 Å². The number of carbonyl (C=O) groups excluding carboxylic acids is 1. The minimum atomic E-state index is -0.327. The fourth-order valence-electron chi connectivity index (χ4n) is 1.48. The van der Waals surface area contributed by atoms with E-state index in [9.17, 15) is 4.79 Å². The molecule has 0 aromatic heterocycles. The molecule has 0 bridgehead atoms. The van der Waals surface area contributed by atoms with E-state index in [1.807, 2.05) is 30.3 Å². The number of hydrogen-bond donors (Lipinski definition) is 0. The molecule has 2 rings (SSSR count). The Kier molecular flexibility index (Phi) is 5.20. The second-order valence-corrected chi connectivity index (χ2v) is 5.05. The summed E-state index contributed by atoms with van der Waals surface area (Å²) >= 11 is 2.23. The van der Waals surface area contributed by atoms with Crippen molar-refractivity contribution >= 4 is 28.6 Å². The lowest BCUT2D eigenvalue weighted by molar-refractivity contribution is 0.0450. The van der Waals surface area contributed by atoms with E-state index in [1.165, 1.54) is 0 Å². The van der Waals surface area contributed by atoms with Crippen LogP contribution in [0.15, 0.2) is 54.6 Å². The summed E-state index contributed by atoms with van der Waals surface area (Å²) in [6.07, 6.45) is 0. The fourth-order valence-corrected chi connectivity index (χ4v) is 1.84. The minimum Gasteiger partial charge on any atom is -0.490 e. The maximum absolute atomic E-state index is 11.6. The standard InChI is InChI=1S/C15H13IO3/c16-13-6-8-14(9-7-13)18-10-11-19-15(17)12-4-2-1-3-5-12/h1-9H,10-11H2. The maximum atomic E-state index is 11.6. The van der Waals surface area contributed by atoms with E-state index in [1.54, 1.807) is 24.3 Å². The van der Waals surface area contributed by atoms with Crippen molar-refractivity contribution in [2.75, 3.05) is 13.2 Å². The van der Waals surface area contributed by atoms with Gasteiger partial charge in [-0.15, -0.1) is 0 Å². The van der Waals surface area contributed by atoms with Crippen molar-refractivity contribution < 1.29 is 14.3 Å². The summed E-state index contributed by atoms with van der Waals surface area (Å²) < 4.78 is 11.7. The Morgan fingerprint density at radius 1 is 0.947 bits per heavy atom. The van der Waals surface area contributed by atoms with Crippen molar-refractivity contribution in [2.45, 2.75) is 0 Å². The number of hydrogen-bond acceptors (Lipinski definition) is 3. The first-order valence-electron chi connectivity index (χ1n) is 5.86. The van der Waals surface area contributed by atoms with Crippen molar-refractivity contribution in [3.05, 3.63) is 63.7 Å². The van der Waals surface area contributed by atoms with Crippen LogP contribution >= 0.6 is 22.6 Å². The van der Waals surface area contributed by atoms with E-state index in [4.69, 9.17) is 9.47 Å². The highest BCUT2D eigenvalue weighted by molar-refractivity contribution is 14.1. The Morgan fingerprint density at radius 3 is 2.32 bits per heavy atom. The van der Waals surface area contributed by atoms with Crippen molar-refractivity contribution in [2.24, 2.45) is 0 Å². The average molecular weight is 368 g/mol. The third kappa shape index (κ3) is 4.55. The molecule has 98 valence electrons. The Morgan fingerprint density at radius 2 is 1.63 bits per heavy atom. The van der Waals surface area contributed by atoms with Gasteiger partial charge in [0, 0.05) is 3.57 Å². The van der Waals surface area contributed by atoms with Crippen LogP contribution in [-0.4, -0.2) is 19.2 Å². The lowest BCUT2D eigenvalue weighted by Crippen LogP contribution is -2.12. The molecule has 0 spiro atoms. The van der Waals surface area contributed by atoms with Gasteiger partial charge in [0.2, 0.25) is 0 Å². The summed E-state index contributed by atoms with van der Waals surface area (Å²) in [4.78, 5) is 11.6. The summed E-state index contributed by atoms with van der Waals surface area (Å²) in [5.41, 5.74) is 0.553. The van der Waals surface area contributed by atoms with Crippen LogP contribution in [0.2, 0.25) is 0 Å². The number of benzene rings is 2. The van der Waals surface area contributed by atoms with Crippen LogP contribution in [0.25, 0.3) is 0 Å². The van der Waals surface area contributed by atoms with Gasteiger partial charge in [-0.25, -0.2) is 4.79 Å². The molecule has 0 amide bonds. The van der Waals surface area contributed by atoms with Crippen LogP contribution in [0.5, 0.6) is 5.75 Å². The summed E-state index contributed by atoms with van der Waals surface area (Å²) in [7, 11) is 0. The molecule has 0 radical (unpaired) electrons. The van der Waals surface area contributed by atoms with Crippen LogP contribution in [0.4, 0.5) is 0 Å². The highest BCUT2D eigenvalue weighted by atomic mass is 127. The first-order chi connectivity index (χ1) is 9.25. The molecular formula is C15H13IO3. The maximum Gasteiger partial charge on any atom is 0.338 e. The second-order valence-electron chi connectivity index (χ2n) is 3.80. The van der Waals surface area contributed by atoms with Gasteiger partial charge < -0.3 is 9.47 Å². The van der Waals surface area contributed by atoms with Gasteiger partial charge in [0.05, 0.1) is 5.56 Å². The quantitative estimate of drug-likeness (QED) is 0.460. The van der Waals surface area contributed by atoms with Gasteiger partial charge in [-0.2, -0.15) is 0 Å². The van der Waals surface area contributed by atoms with Crippen LogP contribution in [-0.2, 0) is 4.74 Å². The molecule has 0 aliphatic rings. The summed E-state index contributed by atoms with van der Waals surface area (Å²) in [6, 6.07) is 16.6. The third-order valence-electron chi connectivity index (χ3n) is 2.41. The van der Waals surface area contributed by atoms with Crippen LogP contribution in [0.1, 0.15) is 10.4 Å². The Balaban J connectivity index is 1.72. The molecule has 0 unspecified atom stereocenters. The molecule has 0 heterocycles. The van der Waals surface area contributed by atoms with E-state index in [-0.39, 0.29) is 12.6 Å². The van der Waals surface area contributed by atoms with E-state index < -0.39 is 0 Å². The van der Waals surface area contributed by atoms with Crippen LogP contribution < -0.4 is 4.74 Å². The molecule has 0 saturated heterocycles. The van der Waals surface area contributed by atoms with E-state index in [0.29, 0.717) is 12.2 Å². The number of ether oxygens (including phenoxy) is 2. The molecular weight excluding hydrogens is 355 g/mol. The van der Waals surface area contributed by atoms with Gasteiger partial charge in [0.1, 0.15) is 19.0 Å². The highest BCUT2D eigenvalue weighted by Crippen LogP contribution is 2.13. The Bertz CT molecular complexity index is 523. The van der Waals surface area contributed by atoms with E-state index >= 15 is 0 Å². The average Bonchev–Trinajstić information content (AvgIpc) is 2.46. The molecule has 0 aliphatic heterocycles. The molecule has 0 fully saturated rings. The SMILES string of the molecule is O=C(OCCOc1ccc(I)cc1)c1ccccc1. The van der Waals surface area contributed by atoms with Gasteiger partial charge in [0.25, 0.3) is 0 Å². The molecule has 3 nitrogen and oxygen atoms in total. The minimum absolute atomic E-state index is 0.236. The van der Waals surface area contributed by atoms with Crippen LogP contribution in [0, 0.1) is 3.57 Å². The summed E-state index contributed by atoms with van der Waals surface area (Å²) in [6.45, 7) is 0.582. The Labute approximate surface area is 125 Å². The van der Waals surface area contributed by atoms with Gasteiger partial charge in [0.15, 0.2) is 0 Å². The second kappa shape index (κ2) is 7.13. The van der Waals surface area contributed by atoms with Crippen molar-refractivity contribution in [1.82, 2.24) is 0 Å². The lowest BCUT2D eigenvalue weighted by Gasteiger charge is -2.07. The predicted octanol–water partition coefficient (Wildman–Crippen LogP) is 3.53.